The number of hydrogen-bond donors (Lipinski definition) is 0. The van der Waals surface area contributed by atoms with Crippen LogP contribution in [-0.4, -0.2) is 20.6 Å². The summed E-state index contributed by atoms with van der Waals surface area (Å²) in [6.45, 7) is 3.86. The summed E-state index contributed by atoms with van der Waals surface area (Å²) in [4.78, 5) is 25.2. The van der Waals surface area contributed by atoms with Crippen LogP contribution in [0.4, 0.5) is 13.2 Å². The van der Waals surface area contributed by atoms with Crippen LogP contribution in [-0.2, 0) is 13.2 Å². The molecule has 2 heterocycles. The lowest BCUT2D eigenvalue weighted by atomic mass is 10.0. The largest absolute Gasteiger partial charge is 0.496 e. The van der Waals surface area contributed by atoms with E-state index < -0.39 is 23.1 Å². The Kier molecular flexibility index (Phi) is 5.20. The molecule has 0 spiro atoms. The van der Waals surface area contributed by atoms with Gasteiger partial charge in [0.1, 0.15) is 11.4 Å². The van der Waals surface area contributed by atoms with Crippen molar-refractivity contribution in [3.8, 4) is 22.7 Å². The van der Waals surface area contributed by atoms with Crippen molar-refractivity contribution in [2.75, 3.05) is 7.11 Å². The van der Waals surface area contributed by atoms with Gasteiger partial charge in [-0.3, -0.25) is 9.36 Å². The Labute approximate surface area is 184 Å². The zero-order chi connectivity index (χ0) is 23.4. The summed E-state index contributed by atoms with van der Waals surface area (Å²) >= 11 is 1.24. The molecule has 0 saturated heterocycles. The van der Waals surface area contributed by atoms with Gasteiger partial charge in [0.25, 0.3) is 5.56 Å². The fraction of sp³-hybridized carbons (Fsp3) is 0.227. The van der Waals surface area contributed by atoms with Crippen molar-refractivity contribution in [2.45, 2.75) is 20.0 Å². The Morgan fingerprint density at radius 1 is 1.06 bits per heavy atom. The highest BCUT2D eigenvalue weighted by Crippen LogP contribution is 2.39. The van der Waals surface area contributed by atoms with Crippen molar-refractivity contribution in [2.24, 2.45) is 7.05 Å². The molecule has 0 aliphatic carbocycles. The number of alkyl halides is 3. The van der Waals surface area contributed by atoms with Gasteiger partial charge < -0.3 is 4.74 Å². The molecule has 0 N–H and O–H groups in total. The van der Waals surface area contributed by atoms with Gasteiger partial charge in [0.15, 0.2) is 0 Å². The fourth-order valence-electron chi connectivity index (χ4n) is 3.80. The first-order valence-electron chi connectivity index (χ1n) is 9.48. The molecule has 0 radical (unpaired) electrons. The molecule has 2 aromatic carbocycles. The van der Waals surface area contributed by atoms with E-state index in [2.05, 4.69) is 4.37 Å². The molecule has 2 aromatic heterocycles. The van der Waals surface area contributed by atoms with Crippen LogP contribution in [0, 0.1) is 13.8 Å². The average Bonchev–Trinajstić information content (AvgIpc) is 3.12. The van der Waals surface area contributed by atoms with Gasteiger partial charge in [-0.1, -0.05) is 6.07 Å². The minimum Gasteiger partial charge on any atom is -0.496 e. The van der Waals surface area contributed by atoms with Gasteiger partial charge in [-0.05, 0) is 60.8 Å². The van der Waals surface area contributed by atoms with Crippen molar-refractivity contribution in [1.29, 1.82) is 0 Å². The molecule has 10 heteroatoms. The first-order valence-corrected chi connectivity index (χ1v) is 10.3. The smallest absolute Gasteiger partial charge is 0.431 e. The van der Waals surface area contributed by atoms with Crippen LogP contribution in [0.1, 0.15) is 16.8 Å². The lowest BCUT2D eigenvalue weighted by Crippen LogP contribution is -2.40. The van der Waals surface area contributed by atoms with E-state index in [-0.39, 0.29) is 5.69 Å². The van der Waals surface area contributed by atoms with E-state index in [0.717, 1.165) is 33.0 Å². The molecule has 0 fully saturated rings. The predicted molar refractivity (Wildman–Crippen MR) is 117 cm³/mol. The van der Waals surface area contributed by atoms with Crippen molar-refractivity contribution in [1.82, 2.24) is 13.5 Å². The first-order chi connectivity index (χ1) is 15.0. The molecule has 6 nitrogen and oxygen atoms in total. The molecular formula is C22H18F3N3O3S. The highest BCUT2D eigenvalue weighted by atomic mass is 32.1. The maximum atomic E-state index is 13.2. The number of aryl methyl sites for hydroxylation is 2. The maximum absolute atomic E-state index is 13.2. The Bertz CT molecular complexity index is 1480. The Morgan fingerprint density at radius 3 is 2.44 bits per heavy atom. The Morgan fingerprint density at radius 2 is 1.78 bits per heavy atom. The molecule has 0 amide bonds. The maximum Gasteiger partial charge on any atom is 0.431 e. The third kappa shape index (κ3) is 3.50. The third-order valence-corrected chi connectivity index (χ3v) is 6.03. The topological polar surface area (TPSA) is 66.1 Å². The lowest BCUT2D eigenvalue weighted by Gasteiger charge is -2.14. The third-order valence-electron chi connectivity index (χ3n) is 5.20. The van der Waals surface area contributed by atoms with Gasteiger partial charge >= 0.3 is 11.9 Å². The zero-order valence-electron chi connectivity index (χ0n) is 17.6. The molecular weight excluding hydrogens is 443 g/mol. The van der Waals surface area contributed by atoms with E-state index in [9.17, 15) is 22.8 Å². The van der Waals surface area contributed by atoms with Gasteiger partial charge in [-0.2, -0.15) is 17.5 Å². The van der Waals surface area contributed by atoms with Gasteiger partial charge in [-0.25, -0.2) is 9.36 Å². The number of benzene rings is 2. The standard InChI is InChI=1S/C22H18F3N3O3S/c1-11-7-12(2)20(31-4)15(8-11)19-14-9-13(5-6-16(14)32-26-19)28-18(29)10-17(22(23,24)25)27(3)21(28)30/h5-10H,1-4H3. The van der Waals surface area contributed by atoms with Crippen molar-refractivity contribution < 1.29 is 17.9 Å². The molecule has 0 aliphatic heterocycles. The fourth-order valence-corrected chi connectivity index (χ4v) is 4.57. The van der Waals surface area contributed by atoms with Crippen LogP contribution in [0.3, 0.4) is 0 Å². The second-order valence-corrected chi connectivity index (χ2v) is 8.22. The van der Waals surface area contributed by atoms with Crippen LogP contribution in [0.5, 0.6) is 5.75 Å². The number of rotatable bonds is 3. The Hall–Kier alpha value is -3.40. The van der Waals surface area contributed by atoms with E-state index >= 15 is 0 Å². The van der Waals surface area contributed by atoms with Crippen LogP contribution >= 0.6 is 11.5 Å². The van der Waals surface area contributed by atoms with Crippen LogP contribution in [0.15, 0.2) is 46.0 Å². The number of ether oxygens (including phenoxy) is 1. The summed E-state index contributed by atoms with van der Waals surface area (Å²) in [6.07, 6.45) is -4.82. The molecule has 0 aliphatic rings. The quantitative estimate of drug-likeness (QED) is 0.452. The predicted octanol–water partition coefficient (Wildman–Crippen LogP) is 4.46. The Balaban J connectivity index is 1.98. The van der Waals surface area contributed by atoms with Crippen molar-refractivity contribution >= 4 is 21.6 Å². The number of methoxy groups -OCH3 is 1. The van der Waals surface area contributed by atoms with Crippen molar-refractivity contribution in [3.63, 3.8) is 0 Å². The lowest BCUT2D eigenvalue weighted by molar-refractivity contribution is -0.144. The number of fused-ring (bicyclic) bond motifs is 1. The second kappa shape index (κ2) is 7.63. The normalized spacial score (nSPS) is 11.8. The zero-order valence-corrected chi connectivity index (χ0v) is 18.4. The van der Waals surface area contributed by atoms with Crippen LogP contribution < -0.4 is 16.0 Å². The minimum absolute atomic E-state index is 0.154. The number of aromatic nitrogens is 3. The minimum atomic E-state index is -4.82. The summed E-state index contributed by atoms with van der Waals surface area (Å²) < 4.78 is 51.5. The van der Waals surface area contributed by atoms with E-state index in [0.29, 0.717) is 27.5 Å². The number of halogens is 3. The molecule has 4 aromatic rings. The average molecular weight is 461 g/mol. The monoisotopic (exact) mass is 461 g/mol. The highest BCUT2D eigenvalue weighted by molar-refractivity contribution is 7.13. The van der Waals surface area contributed by atoms with Crippen molar-refractivity contribution in [3.05, 3.63) is 74.1 Å². The van der Waals surface area contributed by atoms with Crippen LogP contribution in [0.25, 0.3) is 27.0 Å². The van der Waals surface area contributed by atoms with E-state index in [4.69, 9.17) is 4.74 Å². The van der Waals surface area contributed by atoms with Crippen LogP contribution in [0.2, 0.25) is 0 Å². The summed E-state index contributed by atoms with van der Waals surface area (Å²) in [7, 11) is 2.55. The molecule has 32 heavy (non-hydrogen) atoms. The second-order valence-electron chi connectivity index (χ2n) is 7.42. The van der Waals surface area contributed by atoms with E-state index in [1.807, 2.05) is 26.0 Å². The number of nitrogens with zero attached hydrogens (tertiary/aromatic N) is 3. The SMILES string of the molecule is COc1c(C)cc(C)cc1-c1nsc2ccc(-n3c(=O)cc(C(F)(F)F)n(C)c3=O)cc12. The molecule has 0 atom stereocenters. The first kappa shape index (κ1) is 21.8. The van der Waals surface area contributed by atoms with Gasteiger partial charge in [0, 0.05) is 24.1 Å². The molecule has 0 unspecified atom stereocenters. The summed E-state index contributed by atoms with van der Waals surface area (Å²) in [6, 6.07) is 9.11. The molecule has 4 rings (SSSR count). The molecule has 0 saturated carbocycles. The van der Waals surface area contributed by atoms with Gasteiger partial charge in [-0.15, -0.1) is 0 Å². The summed E-state index contributed by atoms with van der Waals surface area (Å²) in [5, 5.41) is 0.657. The van der Waals surface area contributed by atoms with Gasteiger partial charge in [0.05, 0.1) is 23.2 Å². The number of hydrogen-bond acceptors (Lipinski definition) is 5. The summed E-state index contributed by atoms with van der Waals surface area (Å²) in [5.41, 5.74) is -0.0138. The van der Waals surface area contributed by atoms with E-state index in [1.165, 1.54) is 17.6 Å². The van der Waals surface area contributed by atoms with E-state index in [1.54, 1.807) is 19.2 Å². The molecule has 0 bridgehead atoms. The van der Waals surface area contributed by atoms with Gasteiger partial charge in [0.2, 0.25) is 0 Å². The molecule has 166 valence electrons. The highest BCUT2D eigenvalue weighted by Gasteiger charge is 2.35. The summed E-state index contributed by atoms with van der Waals surface area (Å²) in [5.74, 6) is 0.649.